The second-order valence-electron chi connectivity index (χ2n) is 4.93. The fourth-order valence-electron chi connectivity index (χ4n) is 2.42. The van der Waals surface area contributed by atoms with Crippen LogP contribution in [0.2, 0.25) is 0 Å². The zero-order valence-electron chi connectivity index (χ0n) is 11.0. The molecule has 19 heavy (non-hydrogen) atoms. The lowest BCUT2D eigenvalue weighted by molar-refractivity contribution is -0.134. The van der Waals surface area contributed by atoms with Gasteiger partial charge in [-0.3, -0.25) is 4.79 Å². The maximum atomic E-state index is 12.2. The van der Waals surface area contributed by atoms with Gasteiger partial charge in [0.25, 0.3) is 0 Å². The molecule has 0 bridgehead atoms. The molecule has 1 amide bonds. The van der Waals surface area contributed by atoms with Crippen LogP contribution in [-0.4, -0.2) is 37.1 Å². The van der Waals surface area contributed by atoms with Crippen molar-refractivity contribution in [2.45, 2.75) is 13.3 Å². The zero-order chi connectivity index (χ0) is 13.2. The maximum absolute atomic E-state index is 12.2. The third-order valence-corrected chi connectivity index (χ3v) is 3.51. The minimum atomic E-state index is 0.146. The number of morpholine rings is 1. The SMILES string of the molecule is Cc1ccc2occ(CC(=O)N3CCOCC3)c2c1. The monoisotopic (exact) mass is 259 g/mol. The average Bonchev–Trinajstić information content (AvgIpc) is 2.82. The molecule has 0 spiro atoms. The van der Waals surface area contributed by atoms with Crippen LogP contribution in [0.3, 0.4) is 0 Å². The summed E-state index contributed by atoms with van der Waals surface area (Å²) >= 11 is 0. The summed E-state index contributed by atoms with van der Waals surface area (Å²) < 4.78 is 10.8. The zero-order valence-corrected chi connectivity index (χ0v) is 11.0. The average molecular weight is 259 g/mol. The summed E-state index contributed by atoms with van der Waals surface area (Å²) in [5.41, 5.74) is 2.99. The van der Waals surface area contributed by atoms with Crippen LogP contribution in [-0.2, 0) is 16.0 Å². The summed E-state index contributed by atoms with van der Waals surface area (Å²) in [6, 6.07) is 6.04. The molecule has 1 saturated heterocycles. The van der Waals surface area contributed by atoms with Crippen molar-refractivity contribution in [2.75, 3.05) is 26.3 Å². The van der Waals surface area contributed by atoms with E-state index in [1.807, 2.05) is 24.0 Å². The van der Waals surface area contributed by atoms with Gasteiger partial charge in [0.05, 0.1) is 25.9 Å². The van der Waals surface area contributed by atoms with Crippen LogP contribution in [0.15, 0.2) is 28.9 Å². The van der Waals surface area contributed by atoms with E-state index >= 15 is 0 Å². The van der Waals surface area contributed by atoms with Crippen molar-refractivity contribution in [2.24, 2.45) is 0 Å². The highest BCUT2D eigenvalue weighted by Crippen LogP contribution is 2.23. The number of carbonyl (C=O) groups is 1. The Morgan fingerprint density at radius 3 is 2.89 bits per heavy atom. The third kappa shape index (κ3) is 2.49. The molecule has 4 heteroatoms. The molecule has 100 valence electrons. The molecule has 1 aromatic heterocycles. The summed E-state index contributed by atoms with van der Waals surface area (Å²) in [6.45, 7) is 4.69. The number of aryl methyl sites for hydroxylation is 1. The molecular weight excluding hydrogens is 242 g/mol. The minimum absolute atomic E-state index is 0.146. The van der Waals surface area contributed by atoms with Crippen LogP contribution in [0.1, 0.15) is 11.1 Å². The Morgan fingerprint density at radius 1 is 1.32 bits per heavy atom. The Balaban J connectivity index is 1.80. The smallest absolute Gasteiger partial charge is 0.227 e. The molecule has 4 nitrogen and oxygen atoms in total. The summed E-state index contributed by atoms with van der Waals surface area (Å²) in [5.74, 6) is 0.146. The van der Waals surface area contributed by atoms with E-state index in [9.17, 15) is 4.79 Å². The van der Waals surface area contributed by atoms with Gasteiger partial charge in [-0.15, -0.1) is 0 Å². The number of fused-ring (bicyclic) bond motifs is 1. The number of ether oxygens (including phenoxy) is 1. The molecule has 3 rings (SSSR count). The number of furan rings is 1. The first kappa shape index (κ1) is 12.2. The summed E-state index contributed by atoms with van der Waals surface area (Å²) in [7, 11) is 0. The Kier molecular flexibility index (Phi) is 3.25. The molecular formula is C15H17NO3. The van der Waals surface area contributed by atoms with Gasteiger partial charge in [0.2, 0.25) is 5.91 Å². The van der Waals surface area contributed by atoms with Crippen LogP contribution < -0.4 is 0 Å². The van der Waals surface area contributed by atoms with E-state index in [1.54, 1.807) is 6.26 Å². The first-order valence-corrected chi connectivity index (χ1v) is 6.56. The van der Waals surface area contributed by atoms with Gasteiger partial charge in [0.1, 0.15) is 5.58 Å². The number of carbonyl (C=O) groups excluding carboxylic acids is 1. The second-order valence-corrected chi connectivity index (χ2v) is 4.93. The number of amides is 1. The Hall–Kier alpha value is -1.81. The van der Waals surface area contributed by atoms with Gasteiger partial charge < -0.3 is 14.1 Å². The van der Waals surface area contributed by atoms with E-state index < -0.39 is 0 Å². The van der Waals surface area contributed by atoms with Crippen molar-refractivity contribution in [1.82, 2.24) is 4.90 Å². The van der Waals surface area contributed by atoms with E-state index in [-0.39, 0.29) is 5.91 Å². The molecule has 0 saturated carbocycles. The van der Waals surface area contributed by atoms with Crippen molar-refractivity contribution in [3.05, 3.63) is 35.6 Å². The lowest BCUT2D eigenvalue weighted by Gasteiger charge is -2.26. The van der Waals surface area contributed by atoms with Gasteiger partial charge in [-0.25, -0.2) is 0 Å². The largest absolute Gasteiger partial charge is 0.464 e. The second kappa shape index (κ2) is 5.05. The van der Waals surface area contributed by atoms with Crippen LogP contribution in [0.25, 0.3) is 11.0 Å². The predicted octanol–water partition coefficient (Wildman–Crippen LogP) is 2.14. The molecule has 2 aromatic rings. The lowest BCUT2D eigenvalue weighted by atomic mass is 10.1. The van der Waals surface area contributed by atoms with E-state index in [4.69, 9.17) is 9.15 Å². The maximum Gasteiger partial charge on any atom is 0.227 e. The normalized spacial score (nSPS) is 15.9. The highest BCUT2D eigenvalue weighted by atomic mass is 16.5. The van der Waals surface area contributed by atoms with Crippen LogP contribution in [0.5, 0.6) is 0 Å². The molecule has 0 unspecified atom stereocenters. The summed E-state index contributed by atoms with van der Waals surface area (Å²) in [4.78, 5) is 14.1. The van der Waals surface area contributed by atoms with E-state index in [2.05, 4.69) is 6.07 Å². The molecule has 1 aliphatic heterocycles. The van der Waals surface area contributed by atoms with Crippen LogP contribution in [0, 0.1) is 6.92 Å². The van der Waals surface area contributed by atoms with Crippen molar-refractivity contribution >= 4 is 16.9 Å². The number of nitrogens with zero attached hydrogens (tertiary/aromatic N) is 1. The first-order chi connectivity index (χ1) is 9.24. The molecule has 0 N–H and O–H groups in total. The van der Waals surface area contributed by atoms with E-state index in [1.165, 1.54) is 5.56 Å². The van der Waals surface area contributed by atoms with Gasteiger partial charge in [-0.2, -0.15) is 0 Å². The van der Waals surface area contributed by atoms with Crippen LogP contribution >= 0.6 is 0 Å². The molecule has 1 aliphatic rings. The fraction of sp³-hybridized carbons (Fsp3) is 0.400. The summed E-state index contributed by atoms with van der Waals surface area (Å²) in [6.07, 6.45) is 2.10. The van der Waals surface area contributed by atoms with Crippen molar-refractivity contribution in [3.63, 3.8) is 0 Å². The fourth-order valence-corrected chi connectivity index (χ4v) is 2.42. The molecule has 2 heterocycles. The van der Waals surface area contributed by atoms with Gasteiger partial charge in [0, 0.05) is 24.0 Å². The van der Waals surface area contributed by atoms with Crippen molar-refractivity contribution in [1.29, 1.82) is 0 Å². The minimum Gasteiger partial charge on any atom is -0.464 e. The van der Waals surface area contributed by atoms with Crippen LogP contribution in [0.4, 0.5) is 0 Å². The van der Waals surface area contributed by atoms with Gasteiger partial charge in [0.15, 0.2) is 0 Å². The topological polar surface area (TPSA) is 42.7 Å². The van der Waals surface area contributed by atoms with Gasteiger partial charge in [-0.05, 0) is 19.1 Å². The van der Waals surface area contributed by atoms with E-state index in [0.29, 0.717) is 32.7 Å². The number of rotatable bonds is 2. The highest BCUT2D eigenvalue weighted by molar-refractivity contribution is 5.88. The molecule has 0 atom stereocenters. The van der Waals surface area contributed by atoms with Gasteiger partial charge >= 0.3 is 0 Å². The molecule has 0 aliphatic carbocycles. The molecule has 0 radical (unpaired) electrons. The Labute approximate surface area is 111 Å². The Bertz CT molecular complexity index is 596. The highest BCUT2D eigenvalue weighted by Gasteiger charge is 2.18. The standard InChI is InChI=1S/C15H17NO3/c1-11-2-3-14-13(8-11)12(10-19-14)9-15(17)16-4-6-18-7-5-16/h2-3,8,10H,4-7,9H2,1H3. The Morgan fingerprint density at radius 2 is 2.11 bits per heavy atom. The molecule has 1 aromatic carbocycles. The lowest BCUT2D eigenvalue weighted by Crippen LogP contribution is -2.41. The molecule has 1 fully saturated rings. The number of hydrogen-bond acceptors (Lipinski definition) is 3. The quantitative estimate of drug-likeness (QED) is 0.830. The van der Waals surface area contributed by atoms with Crippen molar-refractivity contribution < 1.29 is 13.9 Å². The first-order valence-electron chi connectivity index (χ1n) is 6.56. The predicted molar refractivity (Wildman–Crippen MR) is 72.1 cm³/mol. The number of benzene rings is 1. The third-order valence-electron chi connectivity index (χ3n) is 3.51. The number of hydrogen-bond donors (Lipinski definition) is 0. The van der Waals surface area contributed by atoms with Crippen molar-refractivity contribution in [3.8, 4) is 0 Å². The van der Waals surface area contributed by atoms with E-state index in [0.717, 1.165) is 16.5 Å². The van der Waals surface area contributed by atoms with Gasteiger partial charge in [-0.1, -0.05) is 11.6 Å². The summed E-state index contributed by atoms with van der Waals surface area (Å²) in [5, 5.41) is 1.04.